The predicted octanol–water partition coefficient (Wildman–Crippen LogP) is 3.49. The Labute approximate surface area is 205 Å². The molecule has 0 spiro atoms. The number of sulfonamides is 1. The number of rotatable bonds is 9. The van der Waals surface area contributed by atoms with Crippen LogP contribution in [0, 0.1) is 12.7 Å². The van der Waals surface area contributed by atoms with Gasteiger partial charge in [-0.25, -0.2) is 12.8 Å². The third-order valence-corrected chi connectivity index (χ3v) is 7.36. The van der Waals surface area contributed by atoms with Crippen LogP contribution >= 0.6 is 0 Å². The third kappa shape index (κ3) is 6.24. The topological polar surface area (TPSA) is 86.8 Å². The average Bonchev–Trinajstić information content (AvgIpc) is 2.85. The fourth-order valence-corrected chi connectivity index (χ4v) is 5.07. The second-order valence-electron chi connectivity index (χ2n) is 8.10. The van der Waals surface area contributed by atoms with Gasteiger partial charge in [0.2, 0.25) is 11.8 Å². The maximum atomic E-state index is 13.6. The van der Waals surface area contributed by atoms with Crippen LogP contribution in [0.15, 0.2) is 83.8 Å². The third-order valence-electron chi connectivity index (χ3n) is 5.57. The maximum Gasteiger partial charge on any atom is 0.264 e. The Kier molecular flexibility index (Phi) is 8.24. The van der Waals surface area contributed by atoms with Gasteiger partial charge in [-0.15, -0.1) is 0 Å². The molecule has 0 saturated carbocycles. The zero-order valence-corrected chi connectivity index (χ0v) is 20.6. The van der Waals surface area contributed by atoms with Gasteiger partial charge in [-0.2, -0.15) is 0 Å². The standard InChI is InChI=1S/C26H28FN3O4S/c1-19-8-7-9-21(16-19)17-29(20(2)26(32)28-3)25(31)18-30(23-10-5-4-6-11-23)35(33,34)24-14-12-22(27)13-15-24/h4-16,20H,17-18H2,1-3H3,(H,28,32). The molecular weight excluding hydrogens is 469 g/mol. The summed E-state index contributed by atoms with van der Waals surface area (Å²) < 4.78 is 41.5. The lowest BCUT2D eigenvalue weighted by Crippen LogP contribution is -2.50. The van der Waals surface area contributed by atoms with Gasteiger partial charge >= 0.3 is 0 Å². The number of nitrogens with zero attached hydrogens (tertiary/aromatic N) is 2. The van der Waals surface area contributed by atoms with E-state index in [2.05, 4.69) is 5.32 Å². The number of hydrogen-bond donors (Lipinski definition) is 1. The second-order valence-corrected chi connectivity index (χ2v) is 9.96. The van der Waals surface area contributed by atoms with E-state index < -0.39 is 34.3 Å². The summed E-state index contributed by atoms with van der Waals surface area (Å²) in [6, 6.07) is 19.3. The highest BCUT2D eigenvalue weighted by Gasteiger charge is 2.32. The zero-order chi connectivity index (χ0) is 25.6. The van der Waals surface area contributed by atoms with Crippen molar-refractivity contribution >= 4 is 27.5 Å². The lowest BCUT2D eigenvalue weighted by molar-refractivity contribution is -0.139. The van der Waals surface area contributed by atoms with Crippen LogP contribution in [0.4, 0.5) is 10.1 Å². The van der Waals surface area contributed by atoms with Gasteiger partial charge in [0.1, 0.15) is 18.4 Å². The van der Waals surface area contributed by atoms with E-state index in [1.54, 1.807) is 37.3 Å². The quantitative estimate of drug-likeness (QED) is 0.490. The number of anilines is 1. The van der Waals surface area contributed by atoms with Gasteiger partial charge < -0.3 is 10.2 Å². The van der Waals surface area contributed by atoms with Crippen molar-refractivity contribution in [3.05, 3.63) is 95.8 Å². The van der Waals surface area contributed by atoms with Crippen LogP contribution in [-0.4, -0.2) is 44.8 Å². The summed E-state index contributed by atoms with van der Waals surface area (Å²) in [5.74, 6) is -1.51. The minimum atomic E-state index is -4.21. The molecule has 184 valence electrons. The van der Waals surface area contributed by atoms with Crippen LogP contribution in [-0.2, 0) is 26.2 Å². The SMILES string of the molecule is CNC(=O)C(C)N(Cc1cccc(C)c1)C(=O)CN(c1ccccc1)S(=O)(=O)c1ccc(F)cc1. The number of para-hydroxylation sites is 1. The number of likely N-dealkylation sites (N-methyl/N-ethyl adjacent to an activating group) is 1. The van der Waals surface area contributed by atoms with Crippen LogP contribution in [0.2, 0.25) is 0 Å². The van der Waals surface area contributed by atoms with Gasteiger partial charge in [0.15, 0.2) is 0 Å². The van der Waals surface area contributed by atoms with Crippen molar-refractivity contribution in [2.24, 2.45) is 0 Å². The Bertz CT molecular complexity index is 1280. The first kappa shape index (κ1) is 25.9. The highest BCUT2D eigenvalue weighted by Crippen LogP contribution is 2.24. The van der Waals surface area contributed by atoms with Crippen LogP contribution in [0.25, 0.3) is 0 Å². The van der Waals surface area contributed by atoms with E-state index in [0.29, 0.717) is 0 Å². The predicted molar refractivity (Wildman–Crippen MR) is 133 cm³/mol. The van der Waals surface area contributed by atoms with Gasteiger partial charge in [0, 0.05) is 13.6 Å². The monoisotopic (exact) mass is 497 g/mol. The number of carbonyl (C=O) groups excluding carboxylic acids is 2. The Morgan fingerprint density at radius 2 is 1.63 bits per heavy atom. The number of benzene rings is 3. The lowest BCUT2D eigenvalue weighted by Gasteiger charge is -2.31. The fourth-order valence-electron chi connectivity index (χ4n) is 3.66. The molecule has 0 radical (unpaired) electrons. The average molecular weight is 498 g/mol. The molecule has 9 heteroatoms. The molecule has 1 N–H and O–H groups in total. The number of aryl methyl sites for hydroxylation is 1. The molecule has 0 aliphatic carbocycles. The van der Waals surface area contributed by atoms with E-state index in [4.69, 9.17) is 0 Å². The molecule has 0 aliphatic heterocycles. The van der Waals surface area contributed by atoms with Crippen molar-refractivity contribution in [2.45, 2.75) is 31.3 Å². The van der Waals surface area contributed by atoms with Gasteiger partial charge in [-0.1, -0.05) is 48.0 Å². The molecule has 7 nitrogen and oxygen atoms in total. The van der Waals surface area contributed by atoms with E-state index >= 15 is 0 Å². The zero-order valence-electron chi connectivity index (χ0n) is 19.8. The van der Waals surface area contributed by atoms with Crippen molar-refractivity contribution in [3.8, 4) is 0 Å². The summed E-state index contributed by atoms with van der Waals surface area (Å²) in [4.78, 5) is 27.2. The van der Waals surface area contributed by atoms with Crippen molar-refractivity contribution in [3.63, 3.8) is 0 Å². The number of hydrogen-bond acceptors (Lipinski definition) is 4. The number of amides is 2. The van der Waals surface area contributed by atoms with E-state index in [-0.39, 0.29) is 23.0 Å². The molecule has 0 heterocycles. The largest absolute Gasteiger partial charge is 0.357 e. The van der Waals surface area contributed by atoms with Crippen molar-refractivity contribution < 1.29 is 22.4 Å². The fraction of sp³-hybridized carbons (Fsp3) is 0.231. The Morgan fingerprint density at radius 1 is 0.971 bits per heavy atom. The lowest BCUT2D eigenvalue weighted by atomic mass is 10.1. The summed E-state index contributed by atoms with van der Waals surface area (Å²) >= 11 is 0. The first-order valence-electron chi connectivity index (χ1n) is 11.0. The molecule has 0 bridgehead atoms. The minimum Gasteiger partial charge on any atom is -0.357 e. The first-order chi connectivity index (χ1) is 16.6. The molecule has 3 rings (SSSR count). The molecule has 0 fully saturated rings. The molecule has 3 aromatic carbocycles. The Morgan fingerprint density at radius 3 is 2.23 bits per heavy atom. The summed E-state index contributed by atoms with van der Waals surface area (Å²) in [5.41, 5.74) is 2.07. The van der Waals surface area contributed by atoms with Crippen LogP contribution in [0.1, 0.15) is 18.1 Å². The van der Waals surface area contributed by atoms with Gasteiger partial charge in [-0.05, 0) is 55.8 Å². The Hall–Kier alpha value is -3.72. The molecule has 0 aliphatic rings. The molecule has 0 saturated heterocycles. The number of carbonyl (C=O) groups is 2. The molecule has 0 aromatic heterocycles. The Balaban J connectivity index is 2.00. The van der Waals surface area contributed by atoms with Gasteiger partial charge in [0.05, 0.1) is 10.6 Å². The molecule has 35 heavy (non-hydrogen) atoms. The van der Waals surface area contributed by atoms with E-state index in [1.807, 2.05) is 31.2 Å². The van der Waals surface area contributed by atoms with Crippen molar-refractivity contribution in [2.75, 3.05) is 17.9 Å². The number of nitrogens with one attached hydrogen (secondary N) is 1. The van der Waals surface area contributed by atoms with E-state index in [0.717, 1.165) is 39.7 Å². The van der Waals surface area contributed by atoms with Crippen molar-refractivity contribution in [1.82, 2.24) is 10.2 Å². The summed E-state index contributed by atoms with van der Waals surface area (Å²) in [7, 11) is -2.74. The molecule has 1 atom stereocenters. The molecular formula is C26H28FN3O4S. The van der Waals surface area contributed by atoms with Crippen LogP contribution < -0.4 is 9.62 Å². The van der Waals surface area contributed by atoms with Crippen LogP contribution in [0.3, 0.4) is 0 Å². The highest BCUT2D eigenvalue weighted by molar-refractivity contribution is 7.92. The molecule has 1 unspecified atom stereocenters. The number of halogens is 1. The van der Waals surface area contributed by atoms with Crippen LogP contribution in [0.5, 0.6) is 0 Å². The smallest absolute Gasteiger partial charge is 0.264 e. The van der Waals surface area contributed by atoms with Crippen molar-refractivity contribution in [1.29, 1.82) is 0 Å². The summed E-state index contributed by atoms with van der Waals surface area (Å²) in [6.07, 6.45) is 0. The second kappa shape index (κ2) is 11.1. The van der Waals surface area contributed by atoms with E-state index in [9.17, 15) is 22.4 Å². The highest BCUT2D eigenvalue weighted by atomic mass is 32.2. The van der Waals surface area contributed by atoms with E-state index in [1.165, 1.54) is 11.9 Å². The maximum absolute atomic E-state index is 13.6. The summed E-state index contributed by atoms with van der Waals surface area (Å²) in [6.45, 7) is 3.09. The normalized spacial score (nSPS) is 12.0. The minimum absolute atomic E-state index is 0.119. The van der Waals surface area contributed by atoms with Gasteiger partial charge in [-0.3, -0.25) is 13.9 Å². The molecule has 2 amide bonds. The first-order valence-corrected chi connectivity index (χ1v) is 12.5. The summed E-state index contributed by atoms with van der Waals surface area (Å²) in [5, 5.41) is 2.54. The van der Waals surface area contributed by atoms with Gasteiger partial charge in [0.25, 0.3) is 10.0 Å². The molecule has 3 aromatic rings.